The third-order valence-corrected chi connectivity index (χ3v) is 7.20. The van der Waals surface area contributed by atoms with Crippen molar-refractivity contribution in [3.63, 3.8) is 0 Å². The van der Waals surface area contributed by atoms with Crippen molar-refractivity contribution in [2.24, 2.45) is 52.5 Å². The van der Waals surface area contributed by atoms with E-state index < -0.39 is 27.3 Å². The van der Waals surface area contributed by atoms with Crippen LogP contribution < -0.4 is 0 Å². The second kappa shape index (κ2) is 2.82. The molecule has 0 saturated heterocycles. The smallest absolute Gasteiger partial charge is 0.411 e. The van der Waals surface area contributed by atoms with Crippen LogP contribution in [-0.2, 0) is 0 Å². The fourth-order valence-corrected chi connectivity index (χ4v) is 7.06. The van der Waals surface area contributed by atoms with Crippen LogP contribution in [0.5, 0.6) is 0 Å². The Hall–Kier alpha value is -1.73. The molecule has 0 aliphatic heterocycles. The molecule has 8 nitrogen and oxygen atoms in total. The SMILES string of the molecule is O=[N+]([O-])C1([N+](=O)[O-])[C@@H]2C[C@@H]3C(=NO)[C@@H]4C[C@@H]1[C@H]1[C@@H]2[C@@H]3[C@@H]14. The van der Waals surface area contributed by atoms with Gasteiger partial charge >= 0.3 is 5.66 Å². The molecule has 0 heterocycles. The first-order chi connectivity index (χ1) is 9.55. The quantitative estimate of drug-likeness (QED) is 0.347. The van der Waals surface area contributed by atoms with Crippen molar-refractivity contribution in [1.82, 2.24) is 0 Å². The third-order valence-electron chi connectivity index (χ3n) is 7.20. The van der Waals surface area contributed by atoms with Crippen molar-refractivity contribution in [1.29, 1.82) is 0 Å². The Morgan fingerprint density at radius 1 is 1.00 bits per heavy atom. The average Bonchev–Trinajstić information content (AvgIpc) is 2.88. The van der Waals surface area contributed by atoms with Crippen molar-refractivity contribution in [3.8, 4) is 0 Å². The summed E-state index contributed by atoms with van der Waals surface area (Å²) in [6.45, 7) is 0. The van der Waals surface area contributed by atoms with E-state index in [1.165, 1.54) is 0 Å². The molecule has 0 spiro atoms. The van der Waals surface area contributed by atoms with E-state index in [0.717, 1.165) is 5.71 Å². The third kappa shape index (κ3) is 0.726. The van der Waals surface area contributed by atoms with Crippen LogP contribution in [-0.4, -0.2) is 26.4 Å². The van der Waals surface area contributed by atoms with E-state index in [9.17, 15) is 25.4 Å². The van der Waals surface area contributed by atoms with Crippen molar-refractivity contribution in [2.45, 2.75) is 18.5 Å². The first-order valence-corrected chi connectivity index (χ1v) is 7.06. The molecule has 8 atom stereocenters. The lowest BCUT2D eigenvalue weighted by Crippen LogP contribution is -2.55. The molecule has 0 aromatic heterocycles. The van der Waals surface area contributed by atoms with Crippen molar-refractivity contribution in [3.05, 3.63) is 20.2 Å². The van der Waals surface area contributed by atoms with E-state index in [-0.39, 0.29) is 23.7 Å². The Kier molecular flexibility index (Phi) is 1.55. The summed E-state index contributed by atoms with van der Waals surface area (Å²) >= 11 is 0. The Bertz CT molecular complexity index is 556. The predicted molar refractivity (Wildman–Crippen MR) is 63.1 cm³/mol. The lowest BCUT2D eigenvalue weighted by molar-refractivity contribution is -0.813. The fraction of sp³-hybridized carbons (Fsp3) is 0.917. The summed E-state index contributed by atoms with van der Waals surface area (Å²) in [6.07, 6.45) is 0.910. The topological polar surface area (TPSA) is 119 Å². The van der Waals surface area contributed by atoms with Gasteiger partial charge in [-0.15, -0.1) is 0 Å². The lowest BCUT2D eigenvalue weighted by atomic mass is 9.60. The summed E-state index contributed by atoms with van der Waals surface area (Å²) in [7, 11) is 0. The molecule has 0 bridgehead atoms. The number of oxime groups is 1. The van der Waals surface area contributed by atoms with E-state index in [0.29, 0.717) is 24.7 Å². The van der Waals surface area contributed by atoms with E-state index in [1.807, 2.05) is 0 Å². The van der Waals surface area contributed by atoms with Gasteiger partial charge in [0.25, 0.3) is 0 Å². The zero-order chi connectivity index (χ0) is 14.0. The highest BCUT2D eigenvalue weighted by atomic mass is 16.7. The van der Waals surface area contributed by atoms with Gasteiger partial charge in [0.05, 0.1) is 15.6 Å². The van der Waals surface area contributed by atoms with Crippen LogP contribution in [0.2, 0.25) is 0 Å². The van der Waals surface area contributed by atoms with Crippen molar-refractivity contribution < 1.29 is 15.1 Å². The van der Waals surface area contributed by atoms with Gasteiger partial charge in [-0.1, -0.05) is 5.16 Å². The standard InChI is InChI=1S/C12H13N3O5/c16-13-11-3-1-5-9-7(3)8-4(11)2-6(10(8)9)12(5,14(17)18)15(19)20/h3-10,16H,1-2H2/t3-,4+,5-,6-,7+,8+,9-,10+/m1/s1. The molecule has 5 saturated carbocycles. The minimum Gasteiger partial charge on any atom is -0.411 e. The molecule has 1 N–H and O–H groups in total. The molecule has 0 amide bonds. The van der Waals surface area contributed by atoms with Gasteiger partial charge in [-0.3, -0.25) is 20.2 Å². The summed E-state index contributed by atoms with van der Waals surface area (Å²) in [6, 6.07) is 0. The number of nitro groups is 2. The van der Waals surface area contributed by atoms with Crippen LogP contribution in [0, 0.1) is 67.6 Å². The van der Waals surface area contributed by atoms with Crippen LogP contribution in [0.3, 0.4) is 0 Å². The number of hydrogen-bond acceptors (Lipinski definition) is 6. The second-order valence-electron chi connectivity index (χ2n) is 7.03. The van der Waals surface area contributed by atoms with Gasteiger partial charge in [0, 0.05) is 11.8 Å². The summed E-state index contributed by atoms with van der Waals surface area (Å²) in [5.41, 5.74) is -1.20. The molecule has 5 fully saturated rings. The predicted octanol–water partition coefficient (Wildman–Crippen LogP) is 0.844. The number of nitrogens with zero attached hydrogens (tertiary/aromatic N) is 3. The zero-order valence-electron chi connectivity index (χ0n) is 10.5. The minimum atomic E-state index is -1.98. The Balaban J connectivity index is 1.75. The van der Waals surface area contributed by atoms with Gasteiger partial charge in [0.1, 0.15) is 11.8 Å². The molecule has 5 aliphatic rings. The lowest BCUT2D eigenvalue weighted by Gasteiger charge is -2.42. The van der Waals surface area contributed by atoms with E-state index >= 15 is 0 Å². The summed E-state index contributed by atoms with van der Waals surface area (Å²) in [5.74, 6) is -0.0625. The fourth-order valence-electron chi connectivity index (χ4n) is 7.06. The Morgan fingerprint density at radius 3 is 1.80 bits per heavy atom. The van der Waals surface area contributed by atoms with Crippen molar-refractivity contribution in [2.75, 3.05) is 0 Å². The molecule has 106 valence electrons. The van der Waals surface area contributed by atoms with Gasteiger partial charge in [0.2, 0.25) is 0 Å². The maximum Gasteiger partial charge on any atom is 0.464 e. The first kappa shape index (κ1) is 11.0. The van der Waals surface area contributed by atoms with Gasteiger partial charge < -0.3 is 5.21 Å². The molecule has 0 aromatic carbocycles. The largest absolute Gasteiger partial charge is 0.464 e. The van der Waals surface area contributed by atoms with Gasteiger partial charge in [-0.2, -0.15) is 0 Å². The van der Waals surface area contributed by atoms with Gasteiger partial charge in [-0.25, -0.2) is 0 Å². The van der Waals surface area contributed by atoms with Crippen LogP contribution in [0.25, 0.3) is 0 Å². The van der Waals surface area contributed by atoms with Gasteiger partial charge in [0.15, 0.2) is 0 Å². The second-order valence-corrected chi connectivity index (χ2v) is 7.03. The maximum absolute atomic E-state index is 11.6. The molecule has 0 unspecified atom stereocenters. The minimum absolute atomic E-state index is 0.0433. The molecule has 8 heteroatoms. The molecular formula is C12H13N3O5. The molecule has 5 rings (SSSR count). The van der Waals surface area contributed by atoms with Crippen molar-refractivity contribution >= 4 is 5.71 Å². The summed E-state index contributed by atoms with van der Waals surface area (Å²) < 4.78 is 0. The Morgan fingerprint density at radius 2 is 1.45 bits per heavy atom. The Labute approximate surface area is 113 Å². The van der Waals surface area contributed by atoms with Crippen LogP contribution in [0.4, 0.5) is 0 Å². The van der Waals surface area contributed by atoms with Crippen LogP contribution in [0.15, 0.2) is 5.16 Å². The zero-order valence-corrected chi connectivity index (χ0v) is 10.5. The average molecular weight is 279 g/mol. The highest BCUT2D eigenvalue weighted by Crippen LogP contribution is 2.81. The maximum atomic E-state index is 11.6. The van der Waals surface area contributed by atoms with E-state index in [1.54, 1.807) is 0 Å². The molecular weight excluding hydrogens is 266 g/mol. The van der Waals surface area contributed by atoms with E-state index in [4.69, 9.17) is 0 Å². The molecule has 20 heavy (non-hydrogen) atoms. The monoisotopic (exact) mass is 279 g/mol. The highest BCUT2D eigenvalue weighted by molar-refractivity contribution is 5.93. The normalized spacial score (nSPS) is 57.1. The number of rotatable bonds is 2. The molecule has 0 aromatic rings. The summed E-state index contributed by atoms with van der Waals surface area (Å²) in [5, 5.41) is 35.9. The first-order valence-electron chi connectivity index (χ1n) is 7.06. The van der Waals surface area contributed by atoms with Crippen LogP contribution in [0.1, 0.15) is 12.8 Å². The highest BCUT2D eigenvalue weighted by Gasteiger charge is 2.91. The van der Waals surface area contributed by atoms with E-state index in [2.05, 4.69) is 5.16 Å². The van der Waals surface area contributed by atoms with Crippen LogP contribution >= 0.6 is 0 Å². The molecule has 5 aliphatic carbocycles. The number of hydrogen-bond donors (Lipinski definition) is 1. The summed E-state index contributed by atoms with van der Waals surface area (Å²) in [4.78, 5) is 22.0. The molecule has 0 radical (unpaired) electrons. The van der Waals surface area contributed by atoms with Gasteiger partial charge in [-0.05, 0) is 36.5 Å².